The van der Waals surface area contributed by atoms with Crippen molar-refractivity contribution in [2.75, 3.05) is 0 Å². The Kier molecular flexibility index (Phi) is 3.75. The van der Waals surface area contributed by atoms with Crippen LogP contribution in [0, 0.1) is 35.0 Å². The average Bonchev–Trinajstić information content (AvgIpc) is 3.10. The monoisotopic (exact) mass is 556 g/mol. The first-order chi connectivity index (χ1) is 18.5. The Labute approximate surface area is 229 Å². The molecule has 0 amide bonds. The molecule has 13 atom stereocenters. The number of aliphatic hydroxyl groups is 3. The number of fused-ring (bicyclic) bond motifs is 6. The van der Waals surface area contributed by atoms with Crippen LogP contribution in [0.25, 0.3) is 0 Å². The molecule has 9 rings (SSSR count). The van der Waals surface area contributed by atoms with E-state index in [1.807, 2.05) is 27.7 Å². The van der Waals surface area contributed by atoms with Crippen LogP contribution >= 0.6 is 0 Å². The Hall–Kier alpha value is -2.15. The molecule has 0 radical (unpaired) electrons. The van der Waals surface area contributed by atoms with E-state index in [0.717, 1.165) is 0 Å². The maximum Gasteiger partial charge on any atom is 0.339 e. The Morgan fingerprint density at radius 3 is 2.45 bits per heavy atom. The van der Waals surface area contributed by atoms with Crippen molar-refractivity contribution in [2.24, 2.45) is 35.0 Å². The molecule has 6 saturated heterocycles. The van der Waals surface area contributed by atoms with Crippen LogP contribution in [-0.4, -0.2) is 79.2 Å². The normalized spacial score (nSPS) is 62.9. The van der Waals surface area contributed by atoms with Gasteiger partial charge in [0.05, 0.1) is 29.6 Å². The van der Waals surface area contributed by atoms with Gasteiger partial charge in [-0.3, -0.25) is 9.59 Å². The molecule has 3 N–H and O–H groups in total. The lowest BCUT2D eigenvalue weighted by Crippen LogP contribution is -2.74. The van der Waals surface area contributed by atoms with Crippen molar-refractivity contribution in [1.29, 1.82) is 0 Å². The molecule has 7 heterocycles. The van der Waals surface area contributed by atoms with Crippen molar-refractivity contribution in [2.45, 2.75) is 100 Å². The number of hydrogen-bond donors (Lipinski definition) is 3. The summed E-state index contributed by atoms with van der Waals surface area (Å²) in [4.78, 5) is 39.4. The fourth-order valence-electron chi connectivity index (χ4n) is 11.3. The molecule has 11 nitrogen and oxygen atoms in total. The van der Waals surface area contributed by atoms with Crippen LogP contribution in [0.3, 0.4) is 0 Å². The number of ketones is 1. The van der Waals surface area contributed by atoms with Gasteiger partial charge < -0.3 is 39.0 Å². The highest BCUT2D eigenvalue weighted by Gasteiger charge is 2.98. The number of esters is 2. The van der Waals surface area contributed by atoms with Gasteiger partial charge in [-0.15, -0.1) is 0 Å². The van der Waals surface area contributed by atoms with E-state index in [0.29, 0.717) is 11.1 Å². The molecule has 40 heavy (non-hydrogen) atoms. The molecule has 214 valence electrons. The summed E-state index contributed by atoms with van der Waals surface area (Å²) in [5, 5.41) is 37.9. The molecular formula is C29H32O11. The first-order valence-corrected chi connectivity index (χ1v) is 14.2. The molecule has 0 aromatic heterocycles. The second kappa shape index (κ2) is 6.14. The number of allylic oxidation sites excluding steroid dienone is 1. The van der Waals surface area contributed by atoms with Crippen LogP contribution in [0.4, 0.5) is 0 Å². The van der Waals surface area contributed by atoms with Gasteiger partial charge in [-0.25, -0.2) is 4.79 Å². The number of carbonyl (C=O) groups is 3. The fourth-order valence-corrected chi connectivity index (χ4v) is 11.3. The standard InChI is InChI=1S/C29H32O11/c1-10-6-12(36-22(10)32)17-11(2)18-20-24(18,5)25(17,33)9-26-19(21(31)28(20,34)40-26)13-7-14-23(3,4)38-15-8-16(30)39-27(14,15)29(26,35)37-13/h6,11,13-15,18-20,33-35H,7-9H2,1-5H3/b17-12-/t11-,13+,14+,15-,18-,19+,20+,24-,25+,26-,27-,28+,29+/m1/s1. The van der Waals surface area contributed by atoms with E-state index in [1.165, 1.54) is 0 Å². The zero-order valence-electron chi connectivity index (χ0n) is 22.8. The second-order valence-electron chi connectivity index (χ2n) is 14.4. The fraction of sp³-hybridized carbons (Fsp3) is 0.759. The second-order valence-corrected chi connectivity index (χ2v) is 14.4. The van der Waals surface area contributed by atoms with Crippen LogP contribution in [-0.2, 0) is 38.1 Å². The van der Waals surface area contributed by atoms with Gasteiger partial charge >= 0.3 is 11.9 Å². The molecule has 0 unspecified atom stereocenters. The van der Waals surface area contributed by atoms with Gasteiger partial charge in [-0.1, -0.05) is 13.8 Å². The zero-order valence-corrected chi connectivity index (χ0v) is 22.8. The summed E-state index contributed by atoms with van der Waals surface area (Å²) in [7, 11) is 0. The third-order valence-corrected chi connectivity index (χ3v) is 12.7. The molecule has 2 saturated carbocycles. The van der Waals surface area contributed by atoms with Gasteiger partial charge in [0.2, 0.25) is 23.0 Å². The Morgan fingerprint density at radius 1 is 1.05 bits per heavy atom. The smallest absolute Gasteiger partial charge is 0.339 e. The van der Waals surface area contributed by atoms with Crippen molar-refractivity contribution in [1.82, 2.24) is 0 Å². The van der Waals surface area contributed by atoms with Gasteiger partial charge in [-0.2, -0.15) is 0 Å². The Morgan fingerprint density at radius 2 is 1.77 bits per heavy atom. The maximum absolute atomic E-state index is 14.3. The molecule has 0 aromatic carbocycles. The summed E-state index contributed by atoms with van der Waals surface area (Å²) in [5.41, 5.74) is -6.43. The summed E-state index contributed by atoms with van der Waals surface area (Å²) in [6.45, 7) is 9.05. The van der Waals surface area contributed by atoms with Crippen molar-refractivity contribution in [3.8, 4) is 0 Å². The summed E-state index contributed by atoms with van der Waals surface area (Å²) >= 11 is 0. The van der Waals surface area contributed by atoms with E-state index >= 15 is 0 Å². The lowest BCUT2D eigenvalue weighted by Gasteiger charge is -2.53. The lowest BCUT2D eigenvalue weighted by molar-refractivity contribution is -0.393. The van der Waals surface area contributed by atoms with E-state index < -0.39 is 87.1 Å². The van der Waals surface area contributed by atoms with Gasteiger partial charge in [-0.05, 0) is 45.1 Å². The molecule has 2 aliphatic carbocycles. The number of Topliss-reactive ketones (excluding diaryl/α,β-unsaturated/α-hetero) is 1. The minimum absolute atomic E-state index is 0.117. The maximum atomic E-state index is 14.3. The van der Waals surface area contributed by atoms with Crippen LogP contribution in [0.1, 0.15) is 53.9 Å². The SMILES string of the molecule is CC1=C/C(=C2\[C@@H](C)[C@@H]3[C@H]4[C@]3(C)[C@]2(O)C[C@@]23O[C@]4(O)C(=O)[C@@H]2[C@@H]2C[C@H]4C(C)(C)O[C@@H]5CC(=O)O[C@@]54[C@@]3(O)O2)OC1=O. The third kappa shape index (κ3) is 1.99. The quantitative estimate of drug-likeness (QED) is 0.355. The summed E-state index contributed by atoms with van der Waals surface area (Å²) in [5.74, 6) is -9.25. The van der Waals surface area contributed by atoms with Gasteiger partial charge in [0.15, 0.2) is 0 Å². The number of carbonyl (C=O) groups excluding carboxylic acids is 3. The van der Waals surface area contributed by atoms with Crippen molar-refractivity contribution >= 4 is 17.7 Å². The van der Waals surface area contributed by atoms with Crippen molar-refractivity contribution in [3.63, 3.8) is 0 Å². The van der Waals surface area contributed by atoms with E-state index in [1.54, 1.807) is 13.0 Å². The predicted octanol–water partition coefficient (Wildman–Crippen LogP) is 0.394. The molecule has 11 heteroatoms. The highest BCUT2D eigenvalue weighted by atomic mass is 16.8. The van der Waals surface area contributed by atoms with Crippen molar-refractivity contribution < 1.29 is 53.4 Å². The zero-order chi connectivity index (χ0) is 28.4. The Balaban J connectivity index is 1.31. The van der Waals surface area contributed by atoms with Gasteiger partial charge in [0, 0.05) is 34.8 Å². The minimum atomic E-state index is -2.42. The molecule has 0 aromatic rings. The van der Waals surface area contributed by atoms with Crippen LogP contribution in [0.5, 0.6) is 0 Å². The number of hydrogen-bond acceptors (Lipinski definition) is 11. The lowest BCUT2D eigenvalue weighted by atomic mass is 9.61. The topological polar surface area (TPSA) is 158 Å². The van der Waals surface area contributed by atoms with Gasteiger partial charge in [0.1, 0.15) is 17.5 Å². The first kappa shape index (κ1) is 24.4. The highest BCUT2D eigenvalue weighted by molar-refractivity contribution is 5.95. The Bertz CT molecular complexity index is 1460. The van der Waals surface area contributed by atoms with Crippen LogP contribution < -0.4 is 0 Å². The highest BCUT2D eigenvalue weighted by Crippen LogP contribution is 2.85. The average molecular weight is 557 g/mol. The molecule has 9 aliphatic rings. The summed E-state index contributed by atoms with van der Waals surface area (Å²) < 4.78 is 30.8. The number of cyclic esters (lactones) is 1. The molecular weight excluding hydrogens is 524 g/mol. The molecule has 7 aliphatic heterocycles. The van der Waals surface area contributed by atoms with E-state index in [2.05, 4.69) is 0 Å². The predicted molar refractivity (Wildman–Crippen MR) is 128 cm³/mol. The molecule has 4 bridgehead atoms. The van der Waals surface area contributed by atoms with E-state index in [-0.39, 0.29) is 36.9 Å². The van der Waals surface area contributed by atoms with Crippen LogP contribution in [0.15, 0.2) is 23.0 Å². The van der Waals surface area contributed by atoms with Crippen molar-refractivity contribution in [3.05, 3.63) is 23.0 Å². The van der Waals surface area contributed by atoms with E-state index in [4.69, 9.17) is 23.7 Å². The van der Waals surface area contributed by atoms with Gasteiger partial charge in [0.25, 0.3) is 0 Å². The summed E-state index contributed by atoms with van der Waals surface area (Å²) in [6, 6.07) is 0. The first-order valence-electron chi connectivity index (χ1n) is 14.2. The third-order valence-electron chi connectivity index (χ3n) is 12.7. The molecule has 2 spiro atoms. The number of ether oxygens (including phenoxy) is 5. The van der Waals surface area contributed by atoms with Crippen LogP contribution in [0.2, 0.25) is 0 Å². The summed E-state index contributed by atoms with van der Waals surface area (Å²) in [6.07, 6.45) is -0.374. The molecule has 8 fully saturated rings. The largest absolute Gasteiger partial charge is 0.450 e. The number of rotatable bonds is 0. The minimum Gasteiger partial charge on any atom is -0.450 e. The van der Waals surface area contributed by atoms with E-state index in [9.17, 15) is 29.7 Å².